The van der Waals surface area contributed by atoms with Gasteiger partial charge in [-0.15, -0.1) is 0 Å². The van der Waals surface area contributed by atoms with Gasteiger partial charge < -0.3 is 9.84 Å². The molecule has 0 aromatic carbocycles. The fraction of sp³-hybridized carbons (Fsp3) is 0.917. The van der Waals surface area contributed by atoms with Gasteiger partial charge in [-0.2, -0.15) is 11.8 Å². The van der Waals surface area contributed by atoms with Gasteiger partial charge in [0, 0.05) is 18.8 Å². The van der Waals surface area contributed by atoms with Gasteiger partial charge in [-0.3, -0.25) is 9.69 Å². The van der Waals surface area contributed by atoms with Crippen molar-refractivity contribution in [1.82, 2.24) is 4.90 Å². The summed E-state index contributed by atoms with van der Waals surface area (Å²) in [7, 11) is 0. The molecule has 2 heterocycles. The van der Waals surface area contributed by atoms with Crippen LogP contribution in [0.2, 0.25) is 0 Å². The van der Waals surface area contributed by atoms with Crippen LogP contribution < -0.4 is 0 Å². The third-order valence-corrected chi connectivity index (χ3v) is 5.29. The Hall–Kier alpha value is -0.260. The second kappa shape index (κ2) is 4.78. The highest BCUT2D eigenvalue weighted by atomic mass is 32.2. The molecule has 0 amide bonds. The van der Waals surface area contributed by atoms with Gasteiger partial charge in [-0.25, -0.2) is 0 Å². The highest BCUT2D eigenvalue weighted by Gasteiger charge is 2.50. The van der Waals surface area contributed by atoms with Crippen LogP contribution in [-0.2, 0) is 9.53 Å². The third-order valence-electron chi connectivity index (χ3n) is 3.62. The monoisotopic (exact) mass is 259 g/mol. The first kappa shape index (κ1) is 13.2. The van der Waals surface area contributed by atoms with Crippen LogP contribution in [0, 0.1) is 5.41 Å². The van der Waals surface area contributed by atoms with Crippen molar-refractivity contribution in [1.29, 1.82) is 0 Å². The molecule has 1 atom stereocenters. The lowest BCUT2D eigenvalue weighted by molar-refractivity contribution is -0.155. The average Bonchev–Trinajstić information content (AvgIpc) is 2.28. The van der Waals surface area contributed by atoms with E-state index in [9.17, 15) is 9.90 Å². The molecule has 98 valence electrons. The highest BCUT2D eigenvalue weighted by molar-refractivity contribution is 7.99. The fourth-order valence-corrected chi connectivity index (χ4v) is 4.36. The number of hydrogen-bond acceptors (Lipinski definition) is 4. The predicted octanol–water partition coefficient (Wildman–Crippen LogP) is 1.31. The van der Waals surface area contributed by atoms with Crippen LogP contribution in [0.3, 0.4) is 0 Å². The number of morpholine rings is 1. The van der Waals surface area contributed by atoms with Gasteiger partial charge >= 0.3 is 5.97 Å². The SMILES string of the molecule is CC1(C)CSCC(C(=O)O)(N2CCOCC2)C1. The Bertz CT molecular complexity index is 302. The largest absolute Gasteiger partial charge is 0.480 e. The lowest BCUT2D eigenvalue weighted by atomic mass is 9.78. The fourth-order valence-electron chi connectivity index (χ4n) is 2.86. The van der Waals surface area contributed by atoms with Crippen molar-refractivity contribution < 1.29 is 14.6 Å². The average molecular weight is 259 g/mol. The molecule has 5 heteroatoms. The summed E-state index contributed by atoms with van der Waals surface area (Å²) in [6.07, 6.45) is 0.738. The van der Waals surface area contributed by atoms with Crippen molar-refractivity contribution in [2.45, 2.75) is 25.8 Å². The van der Waals surface area contributed by atoms with Crippen LogP contribution in [0.5, 0.6) is 0 Å². The number of ether oxygens (including phenoxy) is 1. The maximum atomic E-state index is 11.8. The second-order valence-corrected chi connectivity index (χ2v) is 6.76. The number of nitrogens with zero attached hydrogens (tertiary/aromatic N) is 1. The molecule has 4 nitrogen and oxygen atoms in total. The molecule has 0 radical (unpaired) electrons. The van der Waals surface area contributed by atoms with E-state index < -0.39 is 11.5 Å². The Morgan fingerprint density at radius 1 is 1.29 bits per heavy atom. The Morgan fingerprint density at radius 2 is 1.94 bits per heavy atom. The van der Waals surface area contributed by atoms with Gasteiger partial charge in [0.25, 0.3) is 0 Å². The maximum Gasteiger partial charge on any atom is 0.325 e. The van der Waals surface area contributed by atoms with E-state index in [-0.39, 0.29) is 5.41 Å². The first-order valence-electron chi connectivity index (χ1n) is 6.10. The van der Waals surface area contributed by atoms with E-state index in [1.54, 1.807) is 11.8 Å². The van der Waals surface area contributed by atoms with Gasteiger partial charge in [-0.05, 0) is 17.6 Å². The van der Waals surface area contributed by atoms with E-state index in [4.69, 9.17) is 4.74 Å². The molecule has 0 saturated carbocycles. The minimum absolute atomic E-state index is 0.0968. The molecule has 0 spiro atoms. The van der Waals surface area contributed by atoms with Crippen molar-refractivity contribution in [2.75, 3.05) is 37.8 Å². The van der Waals surface area contributed by atoms with Crippen molar-refractivity contribution in [2.24, 2.45) is 5.41 Å². The molecule has 17 heavy (non-hydrogen) atoms. The predicted molar refractivity (Wildman–Crippen MR) is 68.5 cm³/mol. The third kappa shape index (κ3) is 2.61. The summed E-state index contributed by atoms with van der Waals surface area (Å²) < 4.78 is 5.33. The zero-order chi connectivity index (χ0) is 12.5. The van der Waals surface area contributed by atoms with E-state index in [2.05, 4.69) is 18.7 Å². The van der Waals surface area contributed by atoms with Crippen molar-refractivity contribution in [3.63, 3.8) is 0 Å². The molecule has 1 N–H and O–H groups in total. The Balaban J connectivity index is 2.22. The zero-order valence-corrected chi connectivity index (χ0v) is 11.4. The summed E-state index contributed by atoms with van der Waals surface area (Å²) >= 11 is 1.77. The standard InChI is InChI=1S/C12H21NO3S/c1-11(2)7-12(10(14)15,9-17-8-11)13-3-5-16-6-4-13/h3-9H2,1-2H3,(H,14,15). The molecule has 2 rings (SSSR count). The molecule has 1 unspecified atom stereocenters. The summed E-state index contributed by atoms with van der Waals surface area (Å²) in [5.74, 6) is 1.08. The summed E-state index contributed by atoms with van der Waals surface area (Å²) in [5.41, 5.74) is -0.587. The van der Waals surface area contributed by atoms with E-state index in [0.29, 0.717) is 19.0 Å². The normalized spacial score (nSPS) is 34.5. The van der Waals surface area contributed by atoms with Crippen LogP contribution in [0.1, 0.15) is 20.3 Å². The minimum atomic E-state index is -0.684. The number of carbonyl (C=O) groups is 1. The molecule has 0 bridgehead atoms. The molecule has 2 fully saturated rings. The van der Waals surface area contributed by atoms with Gasteiger partial charge in [0.05, 0.1) is 13.2 Å². The quantitative estimate of drug-likeness (QED) is 0.810. The minimum Gasteiger partial charge on any atom is -0.480 e. The molecule has 0 aromatic heterocycles. The second-order valence-electron chi connectivity index (χ2n) is 5.77. The number of aliphatic carboxylic acids is 1. The molecular formula is C12H21NO3S. The lowest BCUT2D eigenvalue weighted by Gasteiger charge is -2.49. The number of thioether (sulfide) groups is 1. The molecule has 0 aromatic rings. The van der Waals surface area contributed by atoms with Crippen LogP contribution >= 0.6 is 11.8 Å². The van der Waals surface area contributed by atoms with E-state index in [1.165, 1.54) is 0 Å². The van der Waals surface area contributed by atoms with Crippen molar-refractivity contribution in [3.8, 4) is 0 Å². The summed E-state index contributed by atoms with van der Waals surface area (Å²) in [4.78, 5) is 13.9. The maximum absolute atomic E-state index is 11.8. The van der Waals surface area contributed by atoms with Gasteiger partial charge in [0.1, 0.15) is 5.54 Å². The Kier molecular flexibility index (Phi) is 3.71. The number of carboxylic acid groups (broad SMARTS) is 1. The van der Waals surface area contributed by atoms with Crippen LogP contribution in [0.15, 0.2) is 0 Å². The van der Waals surface area contributed by atoms with Gasteiger partial charge in [-0.1, -0.05) is 13.8 Å². The molecular weight excluding hydrogens is 238 g/mol. The molecule has 2 aliphatic rings. The van der Waals surface area contributed by atoms with E-state index in [1.807, 2.05) is 0 Å². The molecule has 2 aliphatic heterocycles. The number of hydrogen-bond donors (Lipinski definition) is 1. The smallest absolute Gasteiger partial charge is 0.325 e. The Morgan fingerprint density at radius 3 is 2.47 bits per heavy atom. The van der Waals surface area contributed by atoms with E-state index >= 15 is 0 Å². The Labute approximate surface area is 107 Å². The van der Waals surface area contributed by atoms with Gasteiger partial charge in [0.2, 0.25) is 0 Å². The lowest BCUT2D eigenvalue weighted by Crippen LogP contribution is -2.63. The first-order chi connectivity index (χ1) is 7.96. The van der Waals surface area contributed by atoms with Crippen molar-refractivity contribution in [3.05, 3.63) is 0 Å². The van der Waals surface area contributed by atoms with Crippen LogP contribution in [0.25, 0.3) is 0 Å². The number of rotatable bonds is 2. The van der Waals surface area contributed by atoms with Crippen LogP contribution in [0.4, 0.5) is 0 Å². The zero-order valence-electron chi connectivity index (χ0n) is 10.6. The van der Waals surface area contributed by atoms with Crippen LogP contribution in [-0.4, -0.2) is 59.3 Å². The summed E-state index contributed by atoms with van der Waals surface area (Å²) in [6, 6.07) is 0. The first-order valence-corrected chi connectivity index (χ1v) is 7.26. The topological polar surface area (TPSA) is 49.8 Å². The van der Waals surface area contributed by atoms with Gasteiger partial charge in [0.15, 0.2) is 0 Å². The van der Waals surface area contributed by atoms with E-state index in [0.717, 1.165) is 25.3 Å². The highest BCUT2D eigenvalue weighted by Crippen LogP contribution is 2.42. The summed E-state index contributed by atoms with van der Waals surface area (Å²) in [6.45, 7) is 7.11. The molecule has 0 aliphatic carbocycles. The summed E-state index contributed by atoms with van der Waals surface area (Å²) in [5, 5.41) is 9.68. The molecule has 2 saturated heterocycles. The number of carboxylic acids is 1. The van der Waals surface area contributed by atoms with Crippen molar-refractivity contribution >= 4 is 17.7 Å².